The van der Waals surface area contributed by atoms with Crippen molar-refractivity contribution < 1.29 is 19.5 Å². The maximum absolute atomic E-state index is 12.0. The second kappa shape index (κ2) is 5.07. The summed E-state index contributed by atoms with van der Waals surface area (Å²) in [6.45, 7) is 2.54. The molecule has 0 spiro atoms. The van der Waals surface area contributed by atoms with Gasteiger partial charge in [0.15, 0.2) is 0 Å². The zero-order valence-electron chi connectivity index (χ0n) is 10.9. The number of aliphatic carboxylic acids is 1. The molecule has 7 heteroatoms. The normalized spacial score (nSPS) is 21.6. The van der Waals surface area contributed by atoms with E-state index in [1.807, 2.05) is 0 Å². The van der Waals surface area contributed by atoms with Crippen LogP contribution >= 0.6 is 0 Å². The van der Waals surface area contributed by atoms with Crippen molar-refractivity contribution in [3.05, 3.63) is 0 Å². The minimum absolute atomic E-state index is 0.0642. The molecule has 0 radical (unpaired) electrons. The smallest absolute Gasteiger partial charge is 0.329 e. The van der Waals surface area contributed by atoms with Crippen molar-refractivity contribution in [3.63, 3.8) is 0 Å². The van der Waals surface area contributed by atoms with Crippen LogP contribution in [0.15, 0.2) is 0 Å². The van der Waals surface area contributed by atoms with E-state index in [4.69, 9.17) is 5.11 Å². The van der Waals surface area contributed by atoms with Gasteiger partial charge in [0, 0.05) is 26.1 Å². The largest absolute Gasteiger partial charge is 0.480 e. The Morgan fingerprint density at radius 1 is 1.21 bits per heavy atom. The fourth-order valence-corrected chi connectivity index (χ4v) is 2.32. The quantitative estimate of drug-likeness (QED) is 0.667. The number of piperidine rings is 1. The maximum atomic E-state index is 12.0. The molecular weight excluding hydrogens is 250 g/mol. The summed E-state index contributed by atoms with van der Waals surface area (Å²) in [5.41, 5.74) is -1.04. The van der Waals surface area contributed by atoms with Crippen molar-refractivity contribution >= 4 is 17.9 Å². The lowest BCUT2D eigenvalue weighted by Gasteiger charge is -2.33. The molecule has 1 saturated carbocycles. The fourth-order valence-electron chi connectivity index (χ4n) is 2.32. The van der Waals surface area contributed by atoms with Gasteiger partial charge in [0.2, 0.25) is 5.91 Å². The number of carbonyl (C=O) groups is 3. The molecule has 3 amide bonds. The Balaban J connectivity index is 1.80. The Morgan fingerprint density at radius 3 is 2.21 bits per heavy atom. The highest BCUT2D eigenvalue weighted by molar-refractivity contribution is 5.89. The zero-order chi connectivity index (χ0) is 14.0. The number of carbonyl (C=O) groups excluding carboxylic acids is 2. The summed E-state index contributed by atoms with van der Waals surface area (Å²) in [5, 5.41) is 14.4. The average Bonchev–Trinajstić information content (AvgIpc) is 3.10. The van der Waals surface area contributed by atoms with E-state index in [2.05, 4.69) is 10.6 Å². The average molecular weight is 269 g/mol. The van der Waals surface area contributed by atoms with E-state index < -0.39 is 11.5 Å². The molecule has 7 nitrogen and oxygen atoms in total. The Hall–Kier alpha value is -1.79. The van der Waals surface area contributed by atoms with Gasteiger partial charge in [-0.1, -0.05) is 0 Å². The molecule has 0 unspecified atom stereocenters. The number of likely N-dealkylation sites (tertiary alicyclic amines) is 1. The second-order valence-electron chi connectivity index (χ2n) is 5.28. The summed E-state index contributed by atoms with van der Waals surface area (Å²) >= 11 is 0. The minimum Gasteiger partial charge on any atom is -0.480 e. The number of urea groups is 1. The number of carboxylic acid groups (broad SMARTS) is 1. The van der Waals surface area contributed by atoms with Crippen molar-refractivity contribution in [1.82, 2.24) is 15.5 Å². The van der Waals surface area contributed by atoms with Crippen LogP contribution in [-0.4, -0.2) is 52.6 Å². The molecule has 3 N–H and O–H groups in total. The van der Waals surface area contributed by atoms with Gasteiger partial charge < -0.3 is 20.6 Å². The minimum atomic E-state index is -1.04. The van der Waals surface area contributed by atoms with E-state index in [-0.39, 0.29) is 18.0 Å². The maximum Gasteiger partial charge on any atom is 0.329 e. The van der Waals surface area contributed by atoms with Crippen molar-refractivity contribution in [3.8, 4) is 0 Å². The van der Waals surface area contributed by atoms with E-state index in [1.165, 1.54) is 6.92 Å². The van der Waals surface area contributed by atoms with Crippen LogP contribution in [0.25, 0.3) is 0 Å². The van der Waals surface area contributed by atoms with Crippen LogP contribution in [0.4, 0.5) is 4.79 Å². The third-order valence-electron chi connectivity index (χ3n) is 3.70. The lowest BCUT2D eigenvalue weighted by molar-refractivity contribution is -0.140. The van der Waals surface area contributed by atoms with Crippen molar-refractivity contribution in [2.45, 2.75) is 44.2 Å². The molecule has 1 aliphatic carbocycles. The van der Waals surface area contributed by atoms with Crippen LogP contribution in [0, 0.1) is 0 Å². The number of nitrogens with one attached hydrogen (secondary N) is 2. The first-order valence-electron chi connectivity index (χ1n) is 6.50. The van der Waals surface area contributed by atoms with E-state index in [0.29, 0.717) is 38.8 Å². The Bertz CT molecular complexity index is 398. The third kappa shape index (κ3) is 3.15. The summed E-state index contributed by atoms with van der Waals surface area (Å²) in [6.07, 6.45) is 2.40. The van der Waals surface area contributed by atoms with Crippen LogP contribution in [0.1, 0.15) is 32.6 Å². The molecule has 0 atom stereocenters. The molecule has 0 aromatic rings. The molecular formula is C12H19N3O4. The highest BCUT2D eigenvalue weighted by Crippen LogP contribution is 2.35. The monoisotopic (exact) mass is 269 g/mol. The molecule has 1 aliphatic heterocycles. The number of hydrogen-bond acceptors (Lipinski definition) is 3. The molecule has 0 aromatic heterocycles. The van der Waals surface area contributed by atoms with E-state index in [1.54, 1.807) is 4.90 Å². The fraction of sp³-hybridized carbons (Fsp3) is 0.750. The van der Waals surface area contributed by atoms with E-state index in [9.17, 15) is 14.4 Å². The van der Waals surface area contributed by atoms with E-state index in [0.717, 1.165) is 0 Å². The van der Waals surface area contributed by atoms with Gasteiger partial charge in [-0.05, 0) is 25.7 Å². The first-order valence-corrected chi connectivity index (χ1v) is 6.50. The number of hydrogen-bond donors (Lipinski definition) is 3. The summed E-state index contributed by atoms with van der Waals surface area (Å²) in [6, 6.07) is -0.211. The molecule has 0 bridgehead atoms. The number of carboxylic acids is 1. The van der Waals surface area contributed by atoms with Gasteiger partial charge in [0.05, 0.1) is 0 Å². The van der Waals surface area contributed by atoms with Crippen LogP contribution in [-0.2, 0) is 9.59 Å². The van der Waals surface area contributed by atoms with Crippen molar-refractivity contribution in [1.29, 1.82) is 0 Å². The topological polar surface area (TPSA) is 98.7 Å². The van der Waals surface area contributed by atoms with Crippen molar-refractivity contribution in [2.75, 3.05) is 13.1 Å². The van der Waals surface area contributed by atoms with Gasteiger partial charge in [-0.2, -0.15) is 0 Å². The first kappa shape index (κ1) is 13.6. The molecule has 1 heterocycles. The first-order chi connectivity index (χ1) is 8.93. The van der Waals surface area contributed by atoms with Gasteiger partial charge in [0.25, 0.3) is 0 Å². The lowest BCUT2D eigenvalue weighted by atomic mass is 10.1. The molecule has 1 saturated heterocycles. The van der Waals surface area contributed by atoms with Crippen LogP contribution in [0.5, 0.6) is 0 Å². The summed E-state index contributed by atoms with van der Waals surface area (Å²) < 4.78 is 0. The molecule has 0 aromatic carbocycles. The molecule has 19 heavy (non-hydrogen) atoms. The Labute approximate surface area is 111 Å². The van der Waals surface area contributed by atoms with Gasteiger partial charge in [0.1, 0.15) is 5.54 Å². The summed E-state index contributed by atoms with van der Waals surface area (Å²) in [5.74, 6) is -1.03. The number of rotatable bonds is 3. The third-order valence-corrected chi connectivity index (χ3v) is 3.70. The molecule has 2 aliphatic rings. The number of amides is 3. The highest BCUT2D eigenvalue weighted by atomic mass is 16.4. The Kier molecular flexibility index (Phi) is 3.64. The van der Waals surface area contributed by atoms with Gasteiger partial charge in [-0.25, -0.2) is 9.59 Å². The van der Waals surface area contributed by atoms with E-state index >= 15 is 0 Å². The number of nitrogens with zero attached hydrogens (tertiary/aromatic N) is 1. The standard InChI is InChI=1S/C12H19N3O4/c1-8(16)13-9-2-6-15(7-3-9)11(19)14-12(4-5-12)10(17)18/h9H,2-7H2,1H3,(H,13,16)(H,14,19)(H,17,18). The zero-order valence-corrected chi connectivity index (χ0v) is 10.9. The van der Waals surface area contributed by atoms with Crippen molar-refractivity contribution in [2.24, 2.45) is 0 Å². The van der Waals surface area contributed by atoms with Gasteiger partial charge in [-0.15, -0.1) is 0 Å². The lowest BCUT2D eigenvalue weighted by Crippen LogP contribution is -2.53. The second-order valence-corrected chi connectivity index (χ2v) is 5.28. The summed E-state index contributed by atoms with van der Waals surface area (Å²) in [7, 11) is 0. The SMILES string of the molecule is CC(=O)NC1CCN(C(=O)NC2(C(=O)O)CC2)CC1. The van der Waals surface area contributed by atoms with Gasteiger partial charge in [-0.3, -0.25) is 4.79 Å². The van der Waals surface area contributed by atoms with Crippen LogP contribution in [0.2, 0.25) is 0 Å². The predicted molar refractivity (Wildman–Crippen MR) is 66.5 cm³/mol. The van der Waals surface area contributed by atoms with Crippen LogP contribution < -0.4 is 10.6 Å². The Morgan fingerprint density at radius 2 is 1.79 bits per heavy atom. The molecule has 2 rings (SSSR count). The van der Waals surface area contributed by atoms with Gasteiger partial charge >= 0.3 is 12.0 Å². The molecule has 2 fully saturated rings. The predicted octanol–water partition coefficient (Wildman–Crippen LogP) is -0.0863. The van der Waals surface area contributed by atoms with Crippen LogP contribution in [0.3, 0.4) is 0 Å². The summed E-state index contributed by atoms with van der Waals surface area (Å²) in [4.78, 5) is 35.5. The molecule has 106 valence electrons. The highest BCUT2D eigenvalue weighted by Gasteiger charge is 2.52.